The molecule has 3 rings (SSSR count). The van der Waals surface area contributed by atoms with Crippen LogP contribution in [0.15, 0.2) is 29.7 Å². The van der Waals surface area contributed by atoms with E-state index in [-0.39, 0.29) is 11.8 Å². The van der Waals surface area contributed by atoms with Crippen molar-refractivity contribution in [2.24, 2.45) is 5.73 Å². The molecule has 0 unspecified atom stereocenters. The Morgan fingerprint density at radius 3 is 2.83 bits per heavy atom. The number of nitriles is 1. The highest BCUT2D eigenvalue weighted by molar-refractivity contribution is 6.42. The average molecular weight is 349 g/mol. The van der Waals surface area contributed by atoms with Crippen LogP contribution in [0.1, 0.15) is 31.2 Å². The summed E-state index contributed by atoms with van der Waals surface area (Å²) < 4.78 is 5.50. The number of H-pyrrole nitrogens is 1. The minimum Gasteiger partial charge on any atom is -0.420 e. The quantitative estimate of drug-likeness (QED) is 0.862. The van der Waals surface area contributed by atoms with Crippen molar-refractivity contribution in [2.75, 3.05) is 0 Å². The van der Waals surface area contributed by atoms with Gasteiger partial charge >= 0.3 is 0 Å². The molecule has 1 aliphatic rings. The molecule has 0 radical (unpaired) electrons. The van der Waals surface area contributed by atoms with E-state index in [1.54, 1.807) is 12.1 Å². The molecule has 0 aliphatic carbocycles. The van der Waals surface area contributed by atoms with Crippen LogP contribution in [0.2, 0.25) is 10.0 Å². The normalized spacial score (nSPS) is 16.7. The zero-order chi connectivity index (χ0) is 16.6. The average Bonchev–Trinajstić information content (AvgIpc) is 2.94. The number of allylic oxidation sites excluding steroid dienone is 1. The van der Waals surface area contributed by atoms with Gasteiger partial charge < -0.3 is 10.5 Å². The van der Waals surface area contributed by atoms with Crippen molar-refractivity contribution in [3.8, 4) is 23.2 Å². The zero-order valence-corrected chi connectivity index (χ0v) is 13.9. The van der Waals surface area contributed by atoms with Gasteiger partial charge in [0.05, 0.1) is 26.9 Å². The van der Waals surface area contributed by atoms with Crippen LogP contribution in [-0.2, 0) is 0 Å². The Morgan fingerprint density at radius 2 is 2.17 bits per heavy atom. The molecule has 7 heteroatoms. The number of aromatic amines is 1. The lowest BCUT2D eigenvalue weighted by Crippen LogP contribution is -2.20. The van der Waals surface area contributed by atoms with Gasteiger partial charge in [0.2, 0.25) is 11.8 Å². The molecule has 1 aromatic carbocycles. The van der Waals surface area contributed by atoms with Crippen LogP contribution in [0.25, 0.3) is 11.3 Å². The van der Waals surface area contributed by atoms with E-state index in [0.717, 1.165) is 29.7 Å². The van der Waals surface area contributed by atoms with E-state index in [2.05, 4.69) is 23.2 Å². The molecule has 0 fully saturated rings. The number of hydrogen-bond donors (Lipinski definition) is 2. The number of nitrogens with one attached hydrogen (secondary N) is 1. The predicted molar refractivity (Wildman–Crippen MR) is 89.1 cm³/mol. The lowest BCUT2D eigenvalue weighted by molar-refractivity contribution is 0.371. The first-order valence-corrected chi connectivity index (χ1v) is 7.93. The fourth-order valence-corrected chi connectivity index (χ4v) is 3.09. The number of rotatable bonds is 3. The molecule has 23 heavy (non-hydrogen) atoms. The number of hydrogen-bond acceptors (Lipinski definition) is 4. The maximum Gasteiger partial charge on any atom is 0.244 e. The molecule has 2 aromatic rings. The largest absolute Gasteiger partial charge is 0.420 e. The third-order valence-corrected chi connectivity index (χ3v) is 4.58. The zero-order valence-electron chi connectivity index (χ0n) is 12.4. The van der Waals surface area contributed by atoms with Gasteiger partial charge in [0, 0.05) is 11.5 Å². The van der Waals surface area contributed by atoms with Crippen LogP contribution in [0.3, 0.4) is 0 Å². The van der Waals surface area contributed by atoms with E-state index in [4.69, 9.17) is 33.7 Å². The summed E-state index contributed by atoms with van der Waals surface area (Å²) in [4.78, 5) is 0. The van der Waals surface area contributed by atoms with E-state index in [9.17, 15) is 5.26 Å². The van der Waals surface area contributed by atoms with Crippen LogP contribution in [0.5, 0.6) is 5.88 Å². The van der Waals surface area contributed by atoms with Crippen molar-refractivity contribution in [2.45, 2.75) is 25.7 Å². The smallest absolute Gasteiger partial charge is 0.244 e. The second-order valence-electron chi connectivity index (χ2n) is 5.28. The Hall–Kier alpha value is -2.16. The lowest BCUT2D eigenvalue weighted by Gasteiger charge is -2.23. The first-order chi connectivity index (χ1) is 11.1. The monoisotopic (exact) mass is 348 g/mol. The molecule has 3 N–H and O–H groups in total. The number of nitrogens with two attached hydrogens (primary N) is 1. The maximum atomic E-state index is 9.43. The number of aromatic nitrogens is 2. The highest BCUT2D eigenvalue weighted by atomic mass is 35.5. The van der Waals surface area contributed by atoms with Crippen molar-refractivity contribution >= 4 is 23.2 Å². The predicted octanol–water partition coefficient (Wildman–Crippen LogP) is 4.35. The van der Waals surface area contributed by atoms with Crippen molar-refractivity contribution in [1.29, 1.82) is 5.26 Å². The summed E-state index contributed by atoms with van der Waals surface area (Å²) in [6.45, 7) is 2.05. The summed E-state index contributed by atoms with van der Waals surface area (Å²) in [6, 6.07) is 7.49. The Kier molecular flexibility index (Phi) is 4.20. The fourth-order valence-electron chi connectivity index (χ4n) is 2.79. The minimum absolute atomic E-state index is 0.116. The van der Waals surface area contributed by atoms with E-state index in [1.165, 1.54) is 0 Å². The summed E-state index contributed by atoms with van der Waals surface area (Å²) >= 11 is 12.1. The van der Waals surface area contributed by atoms with Gasteiger partial charge in [-0.25, -0.2) is 0 Å². The highest BCUT2D eigenvalue weighted by Gasteiger charge is 2.33. The minimum atomic E-state index is -0.156. The molecule has 1 aliphatic heterocycles. The highest BCUT2D eigenvalue weighted by Crippen LogP contribution is 2.44. The number of fused-ring (bicyclic) bond motifs is 1. The van der Waals surface area contributed by atoms with Crippen LogP contribution in [0, 0.1) is 11.3 Å². The topological polar surface area (TPSA) is 87.7 Å². The van der Waals surface area contributed by atoms with Crippen LogP contribution < -0.4 is 10.5 Å². The standard InChI is InChI=1S/C16H14Cl2N4O/c1-2-3-9-10(7-19)15(20)23-16-13(9)14(21-22-16)8-4-5-11(17)12(18)6-8/h4-6,9H,2-3,20H2,1H3,(H,21,22)/t9-/m1/s1. The molecule has 1 atom stereocenters. The first kappa shape index (κ1) is 15.7. The Morgan fingerprint density at radius 1 is 1.39 bits per heavy atom. The molecule has 0 amide bonds. The Balaban J connectivity index is 2.15. The summed E-state index contributed by atoms with van der Waals surface area (Å²) in [5.41, 5.74) is 8.71. The van der Waals surface area contributed by atoms with Gasteiger partial charge in [0.1, 0.15) is 6.07 Å². The fraction of sp³-hybridized carbons (Fsp3) is 0.250. The van der Waals surface area contributed by atoms with Crippen LogP contribution in [-0.4, -0.2) is 10.2 Å². The van der Waals surface area contributed by atoms with Crippen molar-refractivity contribution in [1.82, 2.24) is 10.2 Å². The van der Waals surface area contributed by atoms with Gasteiger partial charge in [-0.3, -0.25) is 5.10 Å². The SMILES string of the molecule is CCC[C@@H]1C(C#N)=C(N)Oc2n[nH]c(-c3ccc(Cl)c(Cl)c3)c21. The molecule has 0 bridgehead atoms. The molecule has 0 saturated carbocycles. The van der Waals surface area contributed by atoms with Crippen molar-refractivity contribution < 1.29 is 4.74 Å². The molecular weight excluding hydrogens is 335 g/mol. The van der Waals surface area contributed by atoms with Gasteiger partial charge in [-0.05, 0) is 18.6 Å². The summed E-state index contributed by atoms with van der Waals surface area (Å²) in [5, 5.41) is 17.5. The van der Waals surface area contributed by atoms with Gasteiger partial charge in [-0.2, -0.15) is 5.26 Å². The molecule has 1 aromatic heterocycles. The van der Waals surface area contributed by atoms with Gasteiger partial charge in [0.25, 0.3) is 0 Å². The second-order valence-corrected chi connectivity index (χ2v) is 6.09. The van der Waals surface area contributed by atoms with E-state index in [0.29, 0.717) is 21.5 Å². The van der Waals surface area contributed by atoms with Gasteiger partial charge in [0.15, 0.2) is 0 Å². The van der Waals surface area contributed by atoms with E-state index in [1.807, 2.05) is 6.07 Å². The lowest BCUT2D eigenvalue weighted by atomic mass is 9.85. The number of benzene rings is 1. The van der Waals surface area contributed by atoms with E-state index >= 15 is 0 Å². The summed E-state index contributed by atoms with van der Waals surface area (Å²) in [7, 11) is 0. The Bertz CT molecular complexity index is 835. The number of ether oxygens (including phenoxy) is 1. The number of halogens is 2. The Labute approximate surface area is 143 Å². The molecule has 5 nitrogen and oxygen atoms in total. The summed E-state index contributed by atoms with van der Waals surface area (Å²) in [6.07, 6.45) is 1.67. The van der Waals surface area contributed by atoms with Crippen molar-refractivity contribution in [3.05, 3.63) is 45.3 Å². The van der Waals surface area contributed by atoms with E-state index < -0.39 is 0 Å². The van der Waals surface area contributed by atoms with Crippen LogP contribution >= 0.6 is 23.2 Å². The van der Waals surface area contributed by atoms with Crippen LogP contribution in [0.4, 0.5) is 0 Å². The van der Waals surface area contributed by atoms with Gasteiger partial charge in [-0.15, -0.1) is 5.10 Å². The molecule has 0 spiro atoms. The maximum absolute atomic E-state index is 9.43. The van der Waals surface area contributed by atoms with Gasteiger partial charge in [-0.1, -0.05) is 42.6 Å². The summed E-state index contributed by atoms with van der Waals surface area (Å²) in [5.74, 6) is 0.364. The number of nitrogens with zero attached hydrogens (tertiary/aromatic N) is 2. The third-order valence-electron chi connectivity index (χ3n) is 3.84. The second kappa shape index (κ2) is 6.15. The molecular formula is C16H14Cl2N4O. The molecule has 2 heterocycles. The molecule has 0 saturated heterocycles. The first-order valence-electron chi connectivity index (χ1n) is 7.18. The van der Waals surface area contributed by atoms with Crippen molar-refractivity contribution in [3.63, 3.8) is 0 Å². The third kappa shape index (κ3) is 2.65. The molecule has 118 valence electrons.